The Balaban J connectivity index is 1.31. The number of amides is 1. The quantitative estimate of drug-likeness (QED) is 0.295. The fourth-order valence-electron chi connectivity index (χ4n) is 5.44. The third-order valence-corrected chi connectivity index (χ3v) is 7.68. The number of benzene rings is 3. The van der Waals surface area contributed by atoms with Gasteiger partial charge >= 0.3 is 0 Å². The first-order chi connectivity index (χ1) is 20.1. The van der Waals surface area contributed by atoms with E-state index in [4.69, 9.17) is 19.4 Å². The van der Waals surface area contributed by atoms with Gasteiger partial charge in [-0.05, 0) is 67.0 Å². The SMILES string of the molecule is COc1ccc(CCNC(=O)[C@@H](C#N)c2nc3ccccc3nc2N2CCC(Cc3ccccc3)CC2)cc1OC. The van der Waals surface area contributed by atoms with Crippen LogP contribution >= 0.6 is 0 Å². The van der Waals surface area contributed by atoms with Gasteiger partial charge in [0.2, 0.25) is 5.91 Å². The summed E-state index contributed by atoms with van der Waals surface area (Å²) in [7, 11) is 3.19. The van der Waals surface area contributed by atoms with Crippen molar-refractivity contribution in [1.29, 1.82) is 5.26 Å². The lowest BCUT2D eigenvalue weighted by Crippen LogP contribution is -2.37. The number of fused-ring (bicyclic) bond motifs is 1. The number of nitrogens with zero attached hydrogens (tertiary/aromatic N) is 4. The zero-order chi connectivity index (χ0) is 28.6. The largest absolute Gasteiger partial charge is 0.493 e. The molecule has 0 spiro atoms. The second-order valence-electron chi connectivity index (χ2n) is 10.3. The molecule has 8 heteroatoms. The third-order valence-electron chi connectivity index (χ3n) is 7.68. The van der Waals surface area contributed by atoms with Gasteiger partial charge < -0.3 is 19.7 Å². The Morgan fingerprint density at radius 3 is 2.32 bits per heavy atom. The van der Waals surface area contributed by atoms with Gasteiger partial charge in [0.25, 0.3) is 0 Å². The average Bonchev–Trinajstić information content (AvgIpc) is 3.02. The van der Waals surface area contributed by atoms with Crippen LogP contribution in [0.25, 0.3) is 11.0 Å². The predicted molar refractivity (Wildman–Crippen MR) is 159 cm³/mol. The first-order valence-electron chi connectivity index (χ1n) is 14.0. The van der Waals surface area contributed by atoms with Crippen LogP contribution in [0.15, 0.2) is 72.8 Å². The van der Waals surface area contributed by atoms with E-state index in [0.29, 0.717) is 47.4 Å². The van der Waals surface area contributed by atoms with Crippen LogP contribution in [0, 0.1) is 17.2 Å². The Morgan fingerprint density at radius 1 is 0.951 bits per heavy atom. The maximum atomic E-state index is 13.4. The molecule has 3 aromatic carbocycles. The summed E-state index contributed by atoms with van der Waals surface area (Å²) in [5.74, 6) is 1.04. The highest BCUT2D eigenvalue weighted by atomic mass is 16.5. The van der Waals surface area contributed by atoms with Gasteiger partial charge in [-0.3, -0.25) is 4.79 Å². The highest BCUT2D eigenvalue weighted by Gasteiger charge is 2.30. The minimum atomic E-state index is -1.07. The molecule has 0 radical (unpaired) electrons. The number of aromatic nitrogens is 2. The zero-order valence-electron chi connectivity index (χ0n) is 23.5. The molecule has 5 rings (SSSR count). The van der Waals surface area contributed by atoms with Crippen LogP contribution in [-0.4, -0.2) is 49.7 Å². The standard InChI is InChI=1S/C33H35N5O3/c1-40-29-13-12-24(21-30(29)41-2)14-17-35-33(39)26(22-34)31-32(37-28-11-7-6-10-27(28)36-31)38-18-15-25(16-19-38)20-23-8-4-3-5-9-23/h3-13,21,25-26H,14-20H2,1-2H3,(H,35,39)/t26-/m0/s1. The molecule has 0 saturated carbocycles. The number of ether oxygens (including phenoxy) is 2. The lowest BCUT2D eigenvalue weighted by Gasteiger charge is -2.34. The molecule has 1 aliphatic heterocycles. The van der Waals surface area contributed by atoms with E-state index in [0.717, 1.165) is 43.4 Å². The van der Waals surface area contributed by atoms with Crippen LogP contribution in [0.2, 0.25) is 0 Å². The molecule has 0 bridgehead atoms. The number of anilines is 1. The summed E-state index contributed by atoms with van der Waals surface area (Å²) in [6.45, 7) is 1.97. The van der Waals surface area contributed by atoms with Crippen LogP contribution < -0.4 is 19.7 Å². The molecule has 4 aromatic rings. The second kappa shape index (κ2) is 13.1. The van der Waals surface area contributed by atoms with Crippen LogP contribution in [0.4, 0.5) is 5.82 Å². The molecule has 1 N–H and O–H groups in total. The summed E-state index contributed by atoms with van der Waals surface area (Å²) in [6.07, 6.45) is 3.65. The molecule has 2 heterocycles. The van der Waals surface area contributed by atoms with E-state index in [2.05, 4.69) is 40.6 Å². The molecule has 1 aromatic heterocycles. The third kappa shape index (κ3) is 6.58. The highest BCUT2D eigenvalue weighted by Crippen LogP contribution is 2.32. The van der Waals surface area contributed by atoms with Crippen LogP contribution in [0.1, 0.15) is 35.6 Å². The van der Waals surface area contributed by atoms with Gasteiger partial charge in [0.1, 0.15) is 5.69 Å². The van der Waals surface area contributed by atoms with Crippen molar-refractivity contribution in [1.82, 2.24) is 15.3 Å². The maximum Gasteiger partial charge on any atom is 0.243 e. The van der Waals surface area contributed by atoms with Crippen molar-refractivity contribution in [3.8, 4) is 17.6 Å². The number of nitriles is 1. The lowest BCUT2D eigenvalue weighted by molar-refractivity contribution is -0.121. The van der Waals surface area contributed by atoms with Gasteiger partial charge in [-0.15, -0.1) is 0 Å². The first kappa shape index (κ1) is 27.9. The van der Waals surface area contributed by atoms with Crippen LogP contribution in [-0.2, 0) is 17.6 Å². The lowest BCUT2D eigenvalue weighted by atomic mass is 9.90. The molecule has 0 aliphatic carbocycles. The molecule has 1 amide bonds. The van der Waals surface area contributed by atoms with E-state index in [9.17, 15) is 10.1 Å². The monoisotopic (exact) mass is 549 g/mol. The van der Waals surface area contributed by atoms with Gasteiger partial charge in [0.05, 0.1) is 31.3 Å². The van der Waals surface area contributed by atoms with Gasteiger partial charge in [-0.1, -0.05) is 48.5 Å². The minimum Gasteiger partial charge on any atom is -0.493 e. The van der Waals surface area contributed by atoms with E-state index in [1.165, 1.54) is 5.56 Å². The number of piperidine rings is 1. The van der Waals surface area contributed by atoms with Crippen LogP contribution in [0.3, 0.4) is 0 Å². The van der Waals surface area contributed by atoms with Crippen molar-refractivity contribution in [3.63, 3.8) is 0 Å². The summed E-state index contributed by atoms with van der Waals surface area (Å²) < 4.78 is 10.7. The number of carbonyl (C=O) groups excluding carboxylic acids is 1. The van der Waals surface area contributed by atoms with Gasteiger partial charge in [0.15, 0.2) is 23.2 Å². The van der Waals surface area contributed by atoms with Crippen molar-refractivity contribution in [2.45, 2.75) is 31.6 Å². The Labute approximate surface area is 240 Å². The van der Waals surface area contributed by atoms with E-state index in [1.54, 1.807) is 14.2 Å². The fourth-order valence-corrected chi connectivity index (χ4v) is 5.44. The molecular formula is C33H35N5O3. The zero-order valence-corrected chi connectivity index (χ0v) is 23.5. The number of hydrogen-bond donors (Lipinski definition) is 1. The summed E-state index contributed by atoms with van der Waals surface area (Å²) in [5, 5.41) is 13.1. The summed E-state index contributed by atoms with van der Waals surface area (Å²) in [4.78, 5) is 25.3. The van der Waals surface area contributed by atoms with E-state index < -0.39 is 5.92 Å². The van der Waals surface area contributed by atoms with Crippen molar-refractivity contribution < 1.29 is 14.3 Å². The Hall–Kier alpha value is -4.64. The number of para-hydroxylation sites is 2. The summed E-state index contributed by atoms with van der Waals surface area (Å²) in [5.41, 5.74) is 4.18. The predicted octanol–water partition coefficient (Wildman–Crippen LogP) is 5.07. The molecule has 1 fully saturated rings. The Kier molecular flexibility index (Phi) is 8.95. The fraction of sp³-hybridized carbons (Fsp3) is 0.333. The van der Waals surface area contributed by atoms with Gasteiger partial charge in [0, 0.05) is 19.6 Å². The normalized spacial score (nSPS) is 14.3. The molecule has 1 saturated heterocycles. The molecule has 1 atom stereocenters. The molecule has 8 nitrogen and oxygen atoms in total. The minimum absolute atomic E-state index is 0.369. The number of carbonyl (C=O) groups is 1. The van der Waals surface area contributed by atoms with Gasteiger partial charge in [-0.25, -0.2) is 9.97 Å². The molecule has 210 valence electrons. The average molecular weight is 550 g/mol. The summed E-state index contributed by atoms with van der Waals surface area (Å²) in [6, 6.07) is 26.1. The van der Waals surface area contributed by atoms with E-state index >= 15 is 0 Å². The van der Waals surface area contributed by atoms with Crippen LogP contribution in [0.5, 0.6) is 11.5 Å². The van der Waals surface area contributed by atoms with Gasteiger partial charge in [-0.2, -0.15) is 5.26 Å². The van der Waals surface area contributed by atoms with Crippen molar-refractivity contribution in [3.05, 3.63) is 89.6 Å². The molecule has 1 aliphatic rings. The smallest absolute Gasteiger partial charge is 0.243 e. The molecule has 41 heavy (non-hydrogen) atoms. The second-order valence-corrected chi connectivity index (χ2v) is 10.3. The maximum absolute atomic E-state index is 13.4. The Bertz CT molecular complexity index is 1530. The number of hydrogen-bond acceptors (Lipinski definition) is 7. The molecular weight excluding hydrogens is 514 g/mol. The number of methoxy groups -OCH3 is 2. The Morgan fingerprint density at radius 2 is 1.63 bits per heavy atom. The van der Waals surface area contributed by atoms with E-state index in [-0.39, 0.29) is 5.91 Å². The van der Waals surface area contributed by atoms with Crippen molar-refractivity contribution in [2.24, 2.45) is 5.92 Å². The number of rotatable bonds is 10. The highest BCUT2D eigenvalue weighted by molar-refractivity contribution is 5.88. The molecule has 0 unspecified atom stereocenters. The topological polar surface area (TPSA) is 100 Å². The van der Waals surface area contributed by atoms with E-state index in [1.807, 2.05) is 48.5 Å². The first-order valence-corrected chi connectivity index (χ1v) is 14.0. The number of nitrogens with one attached hydrogen (secondary N) is 1. The summed E-state index contributed by atoms with van der Waals surface area (Å²) >= 11 is 0. The van der Waals surface area contributed by atoms with Crippen molar-refractivity contribution >= 4 is 22.8 Å². The van der Waals surface area contributed by atoms with Crippen molar-refractivity contribution in [2.75, 3.05) is 38.8 Å².